The summed E-state index contributed by atoms with van der Waals surface area (Å²) in [6.07, 6.45) is 1.26. The van der Waals surface area contributed by atoms with Gasteiger partial charge in [-0.1, -0.05) is 41.1 Å². The number of anilines is 1. The van der Waals surface area contributed by atoms with Crippen LogP contribution in [-0.2, 0) is 17.9 Å². The van der Waals surface area contributed by atoms with E-state index < -0.39 is 11.5 Å². The van der Waals surface area contributed by atoms with Crippen LogP contribution in [0.1, 0.15) is 11.1 Å². The quantitative estimate of drug-likeness (QED) is 0.529. The predicted molar refractivity (Wildman–Crippen MR) is 110 cm³/mol. The van der Waals surface area contributed by atoms with Crippen molar-refractivity contribution in [2.75, 3.05) is 5.32 Å². The number of aryl methyl sites for hydroxylation is 1. The second kappa shape index (κ2) is 8.03. The van der Waals surface area contributed by atoms with Gasteiger partial charge in [0.25, 0.3) is 5.56 Å². The minimum atomic E-state index is -0.503. The van der Waals surface area contributed by atoms with Crippen molar-refractivity contribution in [3.05, 3.63) is 81.1 Å². The molecule has 0 aliphatic carbocycles. The van der Waals surface area contributed by atoms with Gasteiger partial charge in [0.2, 0.25) is 5.91 Å². The van der Waals surface area contributed by atoms with Crippen molar-refractivity contribution in [2.24, 2.45) is 0 Å². The van der Waals surface area contributed by atoms with Crippen LogP contribution < -0.4 is 10.9 Å². The predicted octanol–water partition coefficient (Wildman–Crippen LogP) is 2.78. The first kappa shape index (κ1) is 19.7. The second-order valence-electron chi connectivity index (χ2n) is 6.71. The van der Waals surface area contributed by atoms with E-state index in [1.807, 2.05) is 13.0 Å². The first-order valence-corrected chi connectivity index (χ1v) is 9.38. The van der Waals surface area contributed by atoms with E-state index in [1.165, 1.54) is 23.1 Å². The van der Waals surface area contributed by atoms with E-state index in [-0.39, 0.29) is 30.1 Å². The van der Waals surface area contributed by atoms with Gasteiger partial charge in [-0.05, 0) is 36.2 Å². The molecule has 0 saturated carbocycles. The first-order chi connectivity index (χ1) is 14.4. The smallest absolute Gasteiger partial charge is 0.283 e. The Balaban J connectivity index is 1.57. The average Bonchev–Trinajstić information content (AvgIpc) is 3.10. The van der Waals surface area contributed by atoms with Crippen LogP contribution in [0.25, 0.3) is 11.2 Å². The molecule has 0 spiro atoms. The van der Waals surface area contributed by atoms with Crippen molar-refractivity contribution < 1.29 is 9.18 Å². The molecule has 4 aromatic rings. The van der Waals surface area contributed by atoms with Gasteiger partial charge in [-0.25, -0.2) is 14.1 Å². The maximum Gasteiger partial charge on any atom is 0.283 e. The standard InChI is InChI=1S/C20H16ClFN6O2/c1-12-4-2-7-15(21)17(12)24-16(29)10-27-11-23-19-18(20(27)30)25-26-28(19)9-13-5-3-6-14(22)8-13/h2-8,11H,9-10H2,1H3,(H,24,29). The number of rotatable bonds is 5. The number of hydrogen-bond donors (Lipinski definition) is 1. The number of amides is 1. The fourth-order valence-electron chi connectivity index (χ4n) is 3.04. The molecule has 4 rings (SSSR count). The molecule has 0 aliphatic heterocycles. The molecule has 2 aromatic heterocycles. The second-order valence-corrected chi connectivity index (χ2v) is 7.11. The minimum absolute atomic E-state index is 0.0237. The molecule has 0 radical (unpaired) electrons. The van der Waals surface area contributed by atoms with Crippen LogP contribution >= 0.6 is 11.6 Å². The van der Waals surface area contributed by atoms with E-state index in [2.05, 4.69) is 20.6 Å². The fourth-order valence-corrected chi connectivity index (χ4v) is 3.31. The average molecular weight is 427 g/mol. The molecule has 10 heteroatoms. The summed E-state index contributed by atoms with van der Waals surface area (Å²) in [6.45, 7) is 1.76. The highest BCUT2D eigenvalue weighted by Gasteiger charge is 2.15. The summed E-state index contributed by atoms with van der Waals surface area (Å²) in [4.78, 5) is 29.3. The topological polar surface area (TPSA) is 94.7 Å². The third kappa shape index (κ3) is 3.92. The Bertz CT molecular complexity index is 1300. The number of aromatic nitrogens is 5. The molecular formula is C20H16ClFN6O2. The third-order valence-electron chi connectivity index (χ3n) is 4.51. The van der Waals surface area contributed by atoms with Gasteiger partial charge in [0.15, 0.2) is 11.2 Å². The van der Waals surface area contributed by atoms with E-state index >= 15 is 0 Å². The number of halogens is 2. The van der Waals surface area contributed by atoms with E-state index in [0.29, 0.717) is 16.3 Å². The Morgan fingerprint density at radius 1 is 1.23 bits per heavy atom. The molecule has 1 N–H and O–H groups in total. The zero-order valence-electron chi connectivity index (χ0n) is 15.8. The SMILES string of the molecule is Cc1cccc(Cl)c1NC(=O)Cn1cnc2c(nnn2Cc2cccc(F)c2)c1=O. The lowest BCUT2D eigenvalue weighted by atomic mass is 10.2. The van der Waals surface area contributed by atoms with Gasteiger partial charge < -0.3 is 5.32 Å². The molecule has 30 heavy (non-hydrogen) atoms. The van der Waals surface area contributed by atoms with Gasteiger partial charge in [0.1, 0.15) is 18.7 Å². The van der Waals surface area contributed by atoms with E-state index in [4.69, 9.17) is 11.6 Å². The number of nitrogens with zero attached hydrogens (tertiary/aromatic N) is 5. The van der Waals surface area contributed by atoms with E-state index in [1.54, 1.807) is 24.3 Å². The summed E-state index contributed by atoms with van der Waals surface area (Å²) in [5.41, 5.74) is 1.72. The highest BCUT2D eigenvalue weighted by molar-refractivity contribution is 6.33. The number of para-hydroxylation sites is 1. The van der Waals surface area contributed by atoms with Gasteiger partial charge in [0.05, 0.1) is 17.3 Å². The van der Waals surface area contributed by atoms with Crippen molar-refractivity contribution in [2.45, 2.75) is 20.0 Å². The monoisotopic (exact) mass is 426 g/mol. The molecule has 0 atom stereocenters. The number of benzene rings is 2. The fraction of sp³-hybridized carbons (Fsp3) is 0.150. The summed E-state index contributed by atoms with van der Waals surface area (Å²) >= 11 is 6.12. The van der Waals surface area contributed by atoms with Crippen molar-refractivity contribution >= 4 is 34.4 Å². The summed E-state index contributed by atoms with van der Waals surface area (Å²) in [7, 11) is 0. The Hall–Kier alpha value is -3.59. The lowest BCUT2D eigenvalue weighted by molar-refractivity contribution is -0.116. The zero-order valence-corrected chi connectivity index (χ0v) is 16.6. The Morgan fingerprint density at radius 3 is 2.80 bits per heavy atom. The molecule has 0 saturated heterocycles. The Kier molecular flexibility index (Phi) is 5.28. The normalized spacial score (nSPS) is 11.0. The number of carbonyl (C=O) groups excluding carboxylic acids is 1. The van der Waals surface area contributed by atoms with Gasteiger partial charge in [-0.3, -0.25) is 14.2 Å². The van der Waals surface area contributed by atoms with Crippen molar-refractivity contribution in [3.8, 4) is 0 Å². The molecule has 2 aromatic carbocycles. The summed E-state index contributed by atoms with van der Waals surface area (Å²) < 4.78 is 15.9. The molecule has 0 aliphatic rings. The molecule has 0 bridgehead atoms. The van der Waals surface area contributed by atoms with Gasteiger partial charge in [-0.2, -0.15) is 0 Å². The van der Waals surface area contributed by atoms with Gasteiger partial charge >= 0.3 is 0 Å². The van der Waals surface area contributed by atoms with Crippen LogP contribution in [0.5, 0.6) is 0 Å². The molecule has 2 heterocycles. The van der Waals surface area contributed by atoms with Crippen LogP contribution in [0, 0.1) is 12.7 Å². The van der Waals surface area contributed by atoms with Crippen LogP contribution in [-0.4, -0.2) is 30.5 Å². The van der Waals surface area contributed by atoms with E-state index in [9.17, 15) is 14.0 Å². The molecule has 0 unspecified atom stereocenters. The van der Waals surface area contributed by atoms with E-state index in [0.717, 1.165) is 10.1 Å². The number of carbonyl (C=O) groups is 1. The lowest BCUT2D eigenvalue weighted by Gasteiger charge is -2.11. The number of fused-ring (bicyclic) bond motifs is 1. The van der Waals surface area contributed by atoms with Crippen LogP contribution in [0.4, 0.5) is 10.1 Å². The van der Waals surface area contributed by atoms with Crippen LogP contribution in [0.2, 0.25) is 5.02 Å². The van der Waals surface area contributed by atoms with Crippen molar-refractivity contribution in [3.63, 3.8) is 0 Å². The van der Waals surface area contributed by atoms with Crippen molar-refractivity contribution in [1.29, 1.82) is 0 Å². The molecule has 0 fully saturated rings. The van der Waals surface area contributed by atoms with Gasteiger partial charge in [0, 0.05) is 0 Å². The van der Waals surface area contributed by atoms with Gasteiger partial charge in [-0.15, -0.1) is 5.10 Å². The number of nitrogens with one attached hydrogen (secondary N) is 1. The largest absolute Gasteiger partial charge is 0.323 e. The molecule has 1 amide bonds. The lowest BCUT2D eigenvalue weighted by Crippen LogP contribution is -2.28. The molecular weight excluding hydrogens is 411 g/mol. The summed E-state index contributed by atoms with van der Waals surface area (Å²) in [6, 6.07) is 11.3. The Labute approximate surface area is 174 Å². The van der Waals surface area contributed by atoms with Crippen LogP contribution in [0.3, 0.4) is 0 Å². The highest BCUT2D eigenvalue weighted by atomic mass is 35.5. The Morgan fingerprint density at radius 2 is 2.03 bits per heavy atom. The summed E-state index contributed by atoms with van der Waals surface area (Å²) in [5.74, 6) is -0.798. The van der Waals surface area contributed by atoms with Crippen molar-refractivity contribution in [1.82, 2.24) is 24.5 Å². The highest BCUT2D eigenvalue weighted by Crippen LogP contribution is 2.25. The maximum atomic E-state index is 13.4. The van der Waals surface area contributed by atoms with Crippen LogP contribution in [0.15, 0.2) is 53.6 Å². The zero-order chi connectivity index (χ0) is 21.3. The maximum absolute atomic E-state index is 13.4. The molecule has 8 nitrogen and oxygen atoms in total. The number of hydrogen-bond acceptors (Lipinski definition) is 5. The minimum Gasteiger partial charge on any atom is -0.323 e. The summed E-state index contributed by atoms with van der Waals surface area (Å²) in [5, 5.41) is 10.9. The first-order valence-electron chi connectivity index (χ1n) is 9.00. The third-order valence-corrected chi connectivity index (χ3v) is 4.83. The molecule has 152 valence electrons.